The fourth-order valence-corrected chi connectivity index (χ4v) is 1.95. The summed E-state index contributed by atoms with van der Waals surface area (Å²) < 4.78 is 10.4. The van der Waals surface area contributed by atoms with Crippen LogP contribution < -0.4 is 9.47 Å². The normalized spacial score (nSPS) is 10.3. The summed E-state index contributed by atoms with van der Waals surface area (Å²) >= 11 is 6.12. The standard InChI is InChI=1S/C12H11ClN2O4/c1-18-9-4-3-6(13)10(11(9)19-2)7-5-8(12(16)17)15-14-7/h3-5H,1-2H3,(H,14,15)(H,16,17). The molecule has 0 saturated carbocycles. The van der Waals surface area contributed by atoms with Crippen molar-refractivity contribution in [1.29, 1.82) is 0 Å². The van der Waals surface area contributed by atoms with Gasteiger partial charge in [-0.05, 0) is 18.2 Å². The Morgan fingerprint density at radius 3 is 2.63 bits per heavy atom. The molecule has 0 atom stereocenters. The molecular weight excluding hydrogens is 272 g/mol. The highest BCUT2D eigenvalue weighted by Crippen LogP contribution is 2.42. The van der Waals surface area contributed by atoms with Gasteiger partial charge in [0.05, 0.1) is 30.5 Å². The van der Waals surface area contributed by atoms with Crippen LogP contribution in [0.4, 0.5) is 0 Å². The van der Waals surface area contributed by atoms with E-state index >= 15 is 0 Å². The zero-order chi connectivity index (χ0) is 14.0. The van der Waals surface area contributed by atoms with Gasteiger partial charge in [-0.15, -0.1) is 0 Å². The number of carboxylic acid groups (broad SMARTS) is 1. The molecule has 0 unspecified atom stereocenters. The Hall–Kier alpha value is -2.21. The minimum absolute atomic E-state index is 0.0315. The number of benzene rings is 1. The number of aromatic amines is 1. The number of hydrogen-bond donors (Lipinski definition) is 2. The Balaban J connectivity index is 2.62. The number of hydrogen-bond acceptors (Lipinski definition) is 4. The van der Waals surface area contributed by atoms with E-state index in [0.717, 1.165) is 0 Å². The number of aromatic carboxylic acids is 1. The first-order valence-electron chi connectivity index (χ1n) is 5.28. The third-order valence-electron chi connectivity index (χ3n) is 2.56. The first-order valence-corrected chi connectivity index (χ1v) is 5.65. The predicted octanol–water partition coefficient (Wildman–Crippen LogP) is 2.45. The number of H-pyrrole nitrogens is 1. The van der Waals surface area contributed by atoms with Crippen molar-refractivity contribution in [2.45, 2.75) is 0 Å². The summed E-state index contributed by atoms with van der Waals surface area (Å²) in [5, 5.41) is 15.6. The molecule has 0 spiro atoms. The summed E-state index contributed by atoms with van der Waals surface area (Å²) in [4.78, 5) is 10.8. The van der Waals surface area contributed by atoms with Gasteiger partial charge in [0.15, 0.2) is 11.5 Å². The molecule has 2 rings (SSSR count). The van der Waals surface area contributed by atoms with Crippen molar-refractivity contribution in [3.8, 4) is 22.8 Å². The van der Waals surface area contributed by atoms with Crippen LogP contribution in [0, 0.1) is 0 Å². The lowest BCUT2D eigenvalue weighted by atomic mass is 10.1. The molecule has 1 aromatic heterocycles. The van der Waals surface area contributed by atoms with Gasteiger partial charge in [-0.25, -0.2) is 4.79 Å². The number of aromatic nitrogens is 2. The quantitative estimate of drug-likeness (QED) is 0.900. The molecule has 0 aliphatic heterocycles. The van der Waals surface area contributed by atoms with Crippen LogP contribution in [0.1, 0.15) is 10.5 Å². The molecule has 0 fully saturated rings. The van der Waals surface area contributed by atoms with Crippen molar-refractivity contribution in [2.75, 3.05) is 14.2 Å². The molecule has 2 N–H and O–H groups in total. The van der Waals surface area contributed by atoms with Gasteiger partial charge in [0.25, 0.3) is 0 Å². The highest BCUT2D eigenvalue weighted by atomic mass is 35.5. The van der Waals surface area contributed by atoms with Crippen LogP contribution in [0.15, 0.2) is 18.2 Å². The molecule has 0 radical (unpaired) electrons. The number of carboxylic acids is 1. The molecule has 2 aromatic rings. The molecular formula is C12H11ClN2O4. The fraction of sp³-hybridized carbons (Fsp3) is 0.167. The number of ether oxygens (including phenoxy) is 2. The summed E-state index contributed by atoms with van der Waals surface area (Å²) in [6.07, 6.45) is 0. The molecule has 0 bridgehead atoms. The number of nitrogens with one attached hydrogen (secondary N) is 1. The maximum absolute atomic E-state index is 10.8. The van der Waals surface area contributed by atoms with Crippen LogP contribution in [-0.2, 0) is 0 Å². The Kier molecular flexibility index (Phi) is 3.62. The van der Waals surface area contributed by atoms with E-state index in [0.29, 0.717) is 27.8 Å². The van der Waals surface area contributed by atoms with Gasteiger partial charge in [-0.1, -0.05) is 11.6 Å². The minimum Gasteiger partial charge on any atom is -0.493 e. The van der Waals surface area contributed by atoms with E-state index in [1.165, 1.54) is 20.3 Å². The van der Waals surface area contributed by atoms with E-state index in [1.807, 2.05) is 0 Å². The zero-order valence-corrected chi connectivity index (χ0v) is 11.0. The maximum Gasteiger partial charge on any atom is 0.353 e. The fourth-order valence-electron chi connectivity index (χ4n) is 1.70. The first-order chi connectivity index (χ1) is 9.08. The molecule has 0 saturated heterocycles. The number of halogens is 1. The van der Waals surface area contributed by atoms with E-state index < -0.39 is 5.97 Å². The third-order valence-corrected chi connectivity index (χ3v) is 2.87. The van der Waals surface area contributed by atoms with Crippen molar-refractivity contribution in [3.63, 3.8) is 0 Å². The molecule has 0 amide bonds. The molecule has 1 aromatic carbocycles. The van der Waals surface area contributed by atoms with Crippen LogP contribution in [0.2, 0.25) is 5.02 Å². The van der Waals surface area contributed by atoms with Crippen molar-refractivity contribution in [1.82, 2.24) is 10.2 Å². The lowest BCUT2D eigenvalue weighted by Crippen LogP contribution is -1.95. The van der Waals surface area contributed by atoms with Gasteiger partial charge in [-0.2, -0.15) is 5.10 Å². The van der Waals surface area contributed by atoms with Crippen LogP contribution in [-0.4, -0.2) is 35.5 Å². The highest BCUT2D eigenvalue weighted by Gasteiger charge is 2.19. The van der Waals surface area contributed by atoms with E-state index in [2.05, 4.69) is 10.2 Å². The smallest absolute Gasteiger partial charge is 0.353 e. The number of carbonyl (C=O) groups is 1. The second-order valence-corrected chi connectivity index (χ2v) is 4.04. The Bertz CT molecular complexity index is 624. The van der Waals surface area contributed by atoms with Gasteiger partial charge < -0.3 is 14.6 Å². The predicted molar refractivity (Wildman–Crippen MR) is 69.1 cm³/mol. The van der Waals surface area contributed by atoms with Crippen molar-refractivity contribution < 1.29 is 19.4 Å². The summed E-state index contributed by atoms with van der Waals surface area (Å²) in [5.41, 5.74) is 0.821. The SMILES string of the molecule is COc1ccc(Cl)c(-c2cc(C(=O)O)[nH]n2)c1OC. The largest absolute Gasteiger partial charge is 0.493 e. The molecule has 0 aliphatic carbocycles. The van der Waals surface area contributed by atoms with Crippen molar-refractivity contribution in [3.05, 3.63) is 28.9 Å². The van der Waals surface area contributed by atoms with E-state index in [9.17, 15) is 4.79 Å². The maximum atomic E-state index is 10.8. The summed E-state index contributed by atoms with van der Waals surface area (Å²) in [6, 6.07) is 4.67. The minimum atomic E-state index is -1.10. The van der Waals surface area contributed by atoms with Gasteiger partial charge in [0.1, 0.15) is 5.69 Å². The molecule has 0 aliphatic rings. The molecule has 100 valence electrons. The van der Waals surface area contributed by atoms with E-state index in [1.54, 1.807) is 12.1 Å². The summed E-state index contributed by atoms with van der Waals surface area (Å²) in [6.45, 7) is 0. The van der Waals surface area contributed by atoms with Crippen molar-refractivity contribution in [2.24, 2.45) is 0 Å². The van der Waals surface area contributed by atoms with E-state index in [4.69, 9.17) is 26.2 Å². The van der Waals surface area contributed by atoms with Crippen LogP contribution in [0.25, 0.3) is 11.3 Å². The number of nitrogens with zero attached hydrogens (tertiary/aromatic N) is 1. The lowest BCUT2D eigenvalue weighted by Gasteiger charge is -2.12. The lowest BCUT2D eigenvalue weighted by molar-refractivity contribution is 0.0690. The first kappa shape index (κ1) is 13.2. The molecule has 1 heterocycles. The average Bonchev–Trinajstić information content (AvgIpc) is 2.87. The van der Waals surface area contributed by atoms with Gasteiger partial charge in [-0.3, -0.25) is 5.10 Å². The topological polar surface area (TPSA) is 84.4 Å². The molecule has 19 heavy (non-hydrogen) atoms. The summed E-state index contributed by atoms with van der Waals surface area (Å²) in [7, 11) is 2.98. The number of methoxy groups -OCH3 is 2. The van der Waals surface area contributed by atoms with Crippen LogP contribution >= 0.6 is 11.6 Å². The monoisotopic (exact) mass is 282 g/mol. The Labute approximate surface area is 113 Å². The Morgan fingerprint density at radius 2 is 2.11 bits per heavy atom. The zero-order valence-electron chi connectivity index (χ0n) is 10.2. The van der Waals surface area contributed by atoms with Gasteiger partial charge >= 0.3 is 5.97 Å². The second kappa shape index (κ2) is 5.19. The average molecular weight is 283 g/mol. The van der Waals surface area contributed by atoms with Crippen molar-refractivity contribution >= 4 is 17.6 Å². The molecule has 7 heteroatoms. The highest BCUT2D eigenvalue weighted by molar-refractivity contribution is 6.33. The summed E-state index contributed by atoms with van der Waals surface area (Å²) in [5.74, 6) is -0.211. The van der Waals surface area contributed by atoms with Gasteiger partial charge in [0, 0.05) is 0 Å². The molecule has 6 nitrogen and oxygen atoms in total. The third kappa shape index (κ3) is 2.34. The van der Waals surface area contributed by atoms with E-state index in [-0.39, 0.29) is 5.69 Å². The Morgan fingerprint density at radius 1 is 1.37 bits per heavy atom. The second-order valence-electron chi connectivity index (χ2n) is 3.63. The van der Waals surface area contributed by atoms with Gasteiger partial charge in [0.2, 0.25) is 0 Å². The number of rotatable bonds is 4. The van der Waals surface area contributed by atoms with Crippen LogP contribution in [0.3, 0.4) is 0 Å². The van der Waals surface area contributed by atoms with Crippen LogP contribution in [0.5, 0.6) is 11.5 Å².